The summed E-state index contributed by atoms with van der Waals surface area (Å²) in [5.41, 5.74) is 2.57. The molecule has 0 unspecified atom stereocenters. The summed E-state index contributed by atoms with van der Waals surface area (Å²) in [6.07, 6.45) is 4.89. The van der Waals surface area contributed by atoms with Crippen molar-refractivity contribution in [2.75, 3.05) is 10.2 Å². The number of benzene rings is 2. The highest BCUT2D eigenvalue weighted by Gasteiger charge is 2.48. The topological polar surface area (TPSA) is 92.6 Å². The average molecular weight is 391 g/mol. The molecule has 0 spiro atoms. The Morgan fingerprint density at radius 1 is 1.03 bits per heavy atom. The predicted octanol–water partition coefficient (Wildman–Crippen LogP) is 3.97. The first-order valence-corrected chi connectivity index (χ1v) is 9.56. The summed E-state index contributed by atoms with van der Waals surface area (Å²) in [4.78, 5) is 37.7. The van der Waals surface area contributed by atoms with Gasteiger partial charge < -0.3 is 5.32 Å². The monoisotopic (exact) mass is 391 g/mol. The predicted molar refractivity (Wildman–Crippen MR) is 109 cm³/mol. The van der Waals surface area contributed by atoms with Crippen molar-refractivity contribution in [1.82, 2.24) is 0 Å². The van der Waals surface area contributed by atoms with Crippen LogP contribution in [-0.2, 0) is 16.1 Å². The van der Waals surface area contributed by atoms with E-state index in [4.69, 9.17) is 0 Å². The molecule has 7 nitrogen and oxygen atoms in total. The van der Waals surface area contributed by atoms with Crippen molar-refractivity contribution < 1.29 is 14.5 Å². The number of amides is 2. The largest absolute Gasteiger partial charge is 0.375 e. The standard InChI is InChI=1S/C22H21N3O4/c1-14-6-8-15(9-7-14)13-23-19-11-10-16(12-20(19)25(28)29)24-21(26)17-4-2-3-5-18(17)22(24)27/h2-3,6-12,17-18,23H,4-5,13H2,1H3/t17-,18-/m1/s1. The molecule has 0 radical (unpaired) electrons. The summed E-state index contributed by atoms with van der Waals surface area (Å²) < 4.78 is 0. The molecule has 0 saturated carbocycles. The van der Waals surface area contributed by atoms with E-state index in [1.165, 1.54) is 6.07 Å². The second-order valence-electron chi connectivity index (χ2n) is 7.47. The third-order valence-corrected chi connectivity index (χ3v) is 5.55. The van der Waals surface area contributed by atoms with E-state index in [9.17, 15) is 19.7 Å². The molecular formula is C22H21N3O4. The van der Waals surface area contributed by atoms with Crippen LogP contribution in [0.1, 0.15) is 24.0 Å². The quantitative estimate of drug-likeness (QED) is 0.360. The number of carbonyl (C=O) groups is 2. The molecule has 29 heavy (non-hydrogen) atoms. The number of fused-ring (bicyclic) bond motifs is 1. The van der Waals surface area contributed by atoms with Crippen LogP contribution >= 0.6 is 0 Å². The van der Waals surface area contributed by atoms with Crippen LogP contribution in [-0.4, -0.2) is 16.7 Å². The smallest absolute Gasteiger partial charge is 0.294 e. The Morgan fingerprint density at radius 2 is 1.66 bits per heavy atom. The highest BCUT2D eigenvalue weighted by Crippen LogP contribution is 2.39. The number of hydrogen-bond acceptors (Lipinski definition) is 5. The van der Waals surface area contributed by atoms with Gasteiger partial charge in [-0.05, 0) is 37.5 Å². The van der Waals surface area contributed by atoms with Gasteiger partial charge in [-0.15, -0.1) is 0 Å². The summed E-state index contributed by atoms with van der Waals surface area (Å²) in [7, 11) is 0. The van der Waals surface area contributed by atoms with Crippen molar-refractivity contribution in [3.63, 3.8) is 0 Å². The number of nitro groups is 1. The highest BCUT2D eigenvalue weighted by molar-refractivity contribution is 6.22. The van der Waals surface area contributed by atoms with Gasteiger partial charge in [-0.1, -0.05) is 42.0 Å². The van der Waals surface area contributed by atoms with Crippen LogP contribution in [0.3, 0.4) is 0 Å². The fraction of sp³-hybridized carbons (Fsp3) is 0.273. The molecule has 4 rings (SSSR count). The van der Waals surface area contributed by atoms with Gasteiger partial charge in [0.25, 0.3) is 5.69 Å². The summed E-state index contributed by atoms with van der Waals surface area (Å²) in [5.74, 6) is -1.30. The SMILES string of the molecule is Cc1ccc(CNc2ccc(N3C(=O)[C@@H]4CC=CC[C@H]4C3=O)cc2[N+](=O)[O-])cc1. The number of hydrogen-bond donors (Lipinski definition) is 1. The van der Waals surface area contributed by atoms with Crippen molar-refractivity contribution >= 4 is 28.9 Å². The molecule has 2 atom stereocenters. The van der Waals surface area contributed by atoms with Gasteiger partial charge in [0.2, 0.25) is 11.8 Å². The minimum absolute atomic E-state index is 0.164. The number of allylic oxidation sites excluding steroid dienone is 2. The summed E-state index contributed by atoms with van der Waals surface area (Å²) >= 11 is 0. The van der Waals surface area contributed by atoms with Crippen LogP contribution in [0.4, 0.5) is 17.1 Å². The third kappa shape index (κ3) is 3.51. The number of nitrogens with one attached hydrogen (secondary N) is 1. The van der Waals surface area contributed by atoms with Gasteiger partial charge in [0.1, 0.15) is 5.69 Å². The Hall–Kier alpha value is -3.48. The van der Waals surface area contributed by atoms with Gasteiger partial charge in [-0.25, -0.2) is 4.90 Å². The number of nitro benzene ring substituents is 1. The molecule has 1 aliphatic carbocycles. The Kier molecular flexibility index (Phi) is 4.88. The van der Waals surface area contributed by atoms with Crippen molar-refractivity contribution in [3.05, 3.63) is 75.9 Å². The van der Waals surface area contributed by atoms with Crippen LogP contribution in [0.2, 0.25) is 0 Å². The van der Waals surface area contributed by atoms with E-state index in [1.54, 1.807) is 12.1 Å². The van der Waals surface area contributed by atoms with Gasteiger partial charge in [0, 0.05) is 12.6 Å². The minimum Gasteiger partial charge on any atom is -0.375 e. The van der Waals surface area contributed by atoms with Crippen molar-refractivity contribution in [2.45, 2.75) is 26.3 Å². The first-order valence-electron chi connectivity index (χ1n) is 9.56. The fourth-order valence-corrected chi connectivity index (χ4v) is 3.92. The molecule has 2 amide bonds. The highest BCUT2D eigenvalue weighted by atomic mass is 16.6. The summed E-state index contributed by atoms with van der Waals surface area (Å²) in [6.45, 7) is 2.42. The van der Waals surface area contributed by atoms with Crippen molar-refractivity contribution in [3.8, 4) is 0 Å². The molecule has 1 N–H and O–H groups in total. The molecule has 2 aliphatic rings. The minimum atomic E-state index is -0.499. The first kappa shape index (κ1) is 18.9. The van der Waals surface area contributed by atoms with E-state index in [2.05, 4.69) is 5.32 Å². The van der Waals surface area contributed by atoms with Gasteiger partial charge in [0.15, 0.2) is 0 Å². The van der Waals surface area contributed by atoms with E-state index in [0.29, 0.717) is 25.1 Å². The van der Waals surface area contributed by atoms with Crippen LogP contribution in [0.15, 0.2) is 54.6 Å². The van der Waals surface area contributed by atoms with Crippen LogP contribution < -0.4 is 10.2 Å². The molecule has 1 aliphatic heterocycles. The lowest BCUT2D eigenvalue weighted by atomic mass is 9.85. The zero-order valence-corrected chi connectivity index (χ0v) is 16.0. The van der Waals surface area contributed by atoms with Crippen molar-refractivity contribution in [2.24, 2.45) is 11.8 Å². The Balaban J connectivity index is 1.59. The Labute approximate surface area is 168 Å². The molecule has 7 heteroatoms. The fourth-order valence-electron chi connectivity index (χ4n) is 3.92. The second-order valence-corrected chi connectivity index (χ2v) is 7.47. The van der Waals surface area contributed by atoms with E-state index in [0.717, 1.165) is 16.0 Å². The zero-order valence-electron chi connectivity index (χ0n) is 16.0. The maximum atomic E-state index is 12.7. The molecule has 2 aromatic rings. The Bertz CT molecular complexity index is 987. The molecule has 1 heterocycles. The molecule has 1 fully saturated rings. The van der Waals surface area contributed by atoms with Crippen molar-refractivity contribution in [1.29, 1.82) is 0 Å². The number of aryl methyl sites for hydroxylation is 1. The summed E-state index contributed by atoms with van der Waals surface area (Å²) in [5, 5.41) is 14.7. The average Bonchev–Trinajstić information content (AvgIpc) is 2.98. The molecular weight excluding hydrogens is 370 g/mol. The maximum Gasteiger partial charge on any atom is 0.294 e. The molecule has 0 aromatic heterocycles. The van der Waals surface area contributed by atoms with E-state index >= 15 is 0 Å². The number of rotatable bonds is 5. The lowest BCUT2D eigenvalue weighted by Crippen LogP contribution is -2.30. The summed E-state index contributed by atoms with van der Waals surface area (Å²) in [6, 6.07) is 12.3. The molecule has 0 bridgehead atoms. The third-order valence-electron chi connectivity index (χ3n) is 5.55. The van der Waals surface area contributed by atoms with Crippen LogP contribution in [0.25, 0.3) is 0 Å². The van der Waals surface area contributed by atoms with E-state index < -0.39 is 4.92 Å². The van der Waals surface area contributed by atoms with E-state index in [1.807, 2.05) is 43.3 Å². The molecule has 2 aromatic carbocycles. The molecule has 1 saturated heterocycles. The number of imide groups is 1. The normalized spacial score (nSPS) is 20.7. The number of nitrogens with zero attached hydrogens (tertiary/aromatic N) is 2. The molecule has 148 valence electrons. The first-order chi connectivity index (χ1) is 14.0. The lowest BCUT2D eigenvalue weighted by molar-refractivity contribution is -0.383. The number of carbonyl (C=O) groups excluding carboxylic acids is 2. The maximum absolute atomic E-state index is 12.7. The van der Waals surface area contributed by atoms with Gasteiger partial charge in [0.05, 0.1) is 22.4 Å². The second kappa shape index (κ2) is 7.50. The van der Waals surface area contributed by atoms with E-state index in [-0.39, 0.29) is 35.0 Å². The lowest BCUT2D eigenvalue weighted by Gasteiger charge is -2.16. The van der Waals surface area contributed by atoms with Crippen LogP contribution in [0, 0.1) is 28.9 Å². The zero-order chi connectivity index (χ0) is 20.5. The Morgan fingerprint density at radius 3 is 2.24 bits per heavy atom. The number of anilines is 2. The van der Waals surface area contributed by atoms with Crippen LogP contribution in [0.5, 0.6) is 0 Å². The van der Waals surface area contributed by atoms with Gasteiger partial charge in [-0.3, -0.25) is 19.7 Å². The van der Waals surface area contributed by atoms with Gasteiger partial charge in [-0.2, -0.15) is 0 Å². The van der Waals surface area contributed by atoms with Gasteiger partial charge >= 0.3 is 0 Å².